The summed E-state index contributed by atoms with van der Waals surface area (Å²) in [6, 6.07) is 7.78. The lowest BCUT2D eigenvalue weighted by Gasteiger charge is -2.00. The molecule has 0 fully saturated rings. The summed E-state index contributed by atoms with van der Waals surface area (Å²) in [6.07, 6.45) is 4.59. The summed E-state index contributed by atoms with van der Waals surface area (Å²) in [5.74, 6) is -0.975. The van der Waals surface area contributed by atoms with E-state index >= 15 is 0 Å². The van der Waals surface area contributed by atoms with Gasteiger partial charge in [0.05, 0.1) is 11.4 Å². The molecule has 0 saturated heterocycles. The van der Waals surface area contributed by atoms with Gasteiger partial charge in [-0.1, -0.05) is 28.1 Å². The van der Waals surface area contributed by atoms with Gasteiger partial charge in [-0.2, -0.15) is 0 Å². The predicted octanol–water partition coefficient (Wildman–Crippen LogP) is 4.34. The highest BCUT2D eigenvalue weighted by molar-refractivity contribution is 9.10. The number of carboxylic acids is 1. The molecule has 2 aromatic heterocycles. The Morgan fingerprint density at radius 3 is 2.71 bits per heavy atom. The van der Waals surface area contributed by atoms with Gasteiger partial charge in [-0.25, -0.2) is 9.78 Å². The second-order valence-electron chi connectivity index (χ2n) is 4.08. The van der Waals surface area contributed by atoms with Gasteiger partial charge in [-0.05, 0) is 18.2 Å². The van der Waals surface area contributed by atoms with Crippen molar-refractivity contribution in [2.75, 3.05) is 0 Å². The van der Waals surface area contributed by atoms with E-state index in [1.165, 1.54) is 11.3 Å². The van der Waals surface area contributed by atoms with Gasteiger partial charge >= 0.3 is 5.97 Å². The van der Waals surface area contributed by atoms with Crippen LogP contribution in [-0.2, 0) is 4.79 Å². The van der Waals surface area contributed by atoms with Gasteiger partial charge in [0.15, 0.2) is 4.96 Å². The summed E-state index contributed by atoms with van der Waals surface area (Å²) in [5.41, 5.74) is 2.50. The van der Waals surface area contributed by atoms with Crippen molar-refractivity contribution in [3.63, 3.8) is 0 Å². The van der Waals surface area contributed by atoms with Gasteiger partial charge in [0.2, 0.25) is 0 Å². The van der Waals surface area contributed by atoms with Crippen molar-refractivity contribution in [2.24, 2.45) is 0 Å². The molecule has 0 aliphatic rings. The van der Waals surface area contributed by atoms with Crippen LogP contribution in [-0.4, -0.2) is 20.5 Å². The number of aromatic nitrogens is 2. The van der Waals surface area contributed by atoms with E-state index in [9.17, 15) is 4.79 Å². The second kappa shape index (κ2) is 6.43. The summed E-state index contributed by atoms with van der Waals surface area (Å²) in [4.78, 5) is 16.2. The molecule has 0 bridgehead atoms. The van der Waals surface area contributed by atoms with Crippen LogP contribution in [0.1, 0.15) is 5.69 Å². The van der Waals surface area contributed by atoms with E-state index < -0.39 is 5.97 Å². The number of hydrogen-bond donors (Lipinski definition) is 1. The van der Waals surface area contributed by atoms with E-state index in [1.54, 1.807) is 6.08 Å². The predicted molar refractivity (Wildman–Crippen MR) is 90.1 cm³/mol. The minimum Gasteiger partial charge on any atom is -0.478 e. The molecular formula is C14H10BrClN2O2S. The molecule has 2 heterocycles. The number of halogens is 2. The first-order valence-corrected chi connectivity index (χ1v) is 7.45. The normalized spacial score (nSPS) is 10.9. The van der Waals surface area contributed by atoms with E-state index in [0.29, 0.717) is 0 Å². The molecule has 0 radical (unpaired) electrons. The van der Waals surface area contributed by atoms with E-state index in [1.807, 2.05) is 40.2 Å². The van der Waals surface area contributed by atoms with Crippen molar-refractivity contribution < 1.29 is 9.90 Å². The number of fused-ring (bicyclic) bond motifs is 1. The zero-order valence-corrected chi connectivity index (χ0v) is 13.8. The van der Waals surface area contributed by atoms with Crippen LogP contribution in [0.4, 0.5) is 0 Å². The Labute approximate surface area is 139 Å². The van der Waals surface area contributed by atoms with Crippen molar-refractivity contribution in [1.29, 1.82) is 0 Å². The van der Waals surface area contributed by atoms with Crippen LogP contribution in [0.2, 0.25) is 0 Å². The van der Waals surface area contributed by atoms with E-state index in [4.69, 9.17) is 5.11 Å². The molecular weight excluding hydrogens is 376 g/mol. The minimum absolute atomic E-state index is 0. The Kier molecular flexibility index (Phi) is 4.82. The van der Waals surface area contributed by atoms with Gasteiger partial charge in [0, 0.05) is 27.7 Å². The fraction of sp³-hybridized carbons (Fsp3) is 0. The molecule has 1 N–H and O–H groups in total. The third-order valence-corrected chi connectivity index (χ3v) is 4.09. The quantitative estimate of drug-likeness (QED) is 0.682. The molecule has 3 rings (SSSR count). The molecule has 0 amide bonds. The molecule has 1 aromatic carbocycles. The topological polar surface area (TPSA) is 54.6 Å². The smallest absolute Gasteiger partial charge is 0.328 e. The lowest BCUT2D eigenvalue weighted by Crippen LogP contribution is -1.89. The maximum atomic E-state index is 10.7. The number of benzene rings is 1. The standard InChI is InChI=1S/C14H9BrN2O2S.ClH/c15-10-3-1-9(2-4-10)13-11(5-6-12(18)19)17-7-8-20-14(17)16-13;/h1-8H,(H,18,19);1H/b6-5+;. The Morgan fingerprint density at radius 2 is 2.05 bits per heavy atom. The molecule has 0 saturated carbocycles. The molecule has 108 valence electrons. The summed E-state index contributed by atoms with van der Waals surface area (Å²) < 4.78 is 2.88. The lowest BCUT2D eigenvalue weighted by atomic mass is 10.1. The van der Waals surface area contributed by atoms with Gasteiger partial charge in [0.1, 0.15) is 0 Å². The fourth-order valence-corrected chi connectivity index (χ4v) is 2.92. The van der Waals surface area contributed by atoms with Gasteiger partial charge in [-0.15, -0.1) is 23.7 Å². The molecule has 0 aliphatic carbocycles. The van der Waals surface area contributed by atoms with Crippen LogP contribution in [0, 0.1) is 0 Å². The molecule has 4 nitrogen and oxygen atoms in total. The maximum absolute atomic E-state index is 10.7. The average Bonchev–Trinajstić information content (AvgIpc) is 2.98. The highest BCUT2D eigenvalue weighted by Gasteiger charge is 2.12. The van der Waals surface area contributed by atoms with Crippen LogP contribution < -0.4 is 0 Å². The highest BCUT2D eigenvalue weighted by Crippen LogP contribution is 2.28. The summed E-state index contributed by atoms with van der Waals surface area (Å²) in [5, 5.41) is 10.7. The minimum atomic E-state index is -0.975. The highest BCUT2D eigenvalue weighted by atomic mass is 79.9. The van der Waals surface area contributed by atoms with Crippen LogP contribution in [0.3, 0.4) is 0 Å². The molecule has 3 aromatic rings. The van der Waals surface area contributed by atoms with Crippen molar-refractivity contribution in [2.45, 2.75) is 0 Å². The van der Waals surface area contributed by atoms with Crippen molar-refractivity contribution in [3.8, 4) is 11.3 Å². The third-order valence-electron chi connectivity index (χ3n) is 2.80. The van der Waals surface area contributed by atoms with Crippen LogP contribution in [0.5, 0.6) is 0 Å². The first-order valence-electron chi connectivity index (χ1n) is 5.77. The maximum Gasteiger partial charge on any atom is 0.328 e. The number of carboxylic acid groups (broad SMARTS) is 1. The zero-order valence-electron chi connectivity index (χ0n) is 10.6. The summed E-state index contributed by atoms with van der Waals surface area (Å²) >= 11 is 4.91. The monoisotopic (exact) mass is 384 g/mol. The van der Waals surface area contributed by atoms with Gasteiger partial charge in [-0.3, -0.25) is 4.40 Å². The number of aliphatic carboxylic acids is 1. The molecule has 21 heavy (non-hydrogen) atoms. The molecule has 0 atom stereocenters. The molecule has 0 spiro atoms. The number of imidazole rings is 1. The Hall–Kier alpha value is -1.63. The largest absolute Gasteiger partial charge is 0.478 e. The Bertz CT molecular complexity index is 808. The summed E-state index contributed by atoms with van der Waals surface area (Å²) in [6.45, 7) is 0. The Balaban J connectivity index is 0.00000161. The van der Waals surface area contributed by atoms with Crippen molar-refractivity contribution in [1.82, 2.24) is 9.38 Å². The third kappa shape index (κ3) is 3.18. The molecule has 7 heteroatoms. The van der Waals surface area contributed by atoms with Gasteiger partial charge < -0.3 is 5.11 Å². The van der Waals surface area contributed by atoms with Gasteiger partial charge in [0.25, 0.3) is 0 Å². The second-order valence-corrected chi connectivity index (χ2v) is 5.87. The summed E-state index contributed by atoms with van der Waals surface area (Å²) in [7, 11) is 0. The molecule has 0 unspecified atom stereocenters. The lowest BCUT2D eigenvalue weighted by molar-refractivity contribution is -0.131. The van der Waals surface area contributed by atoms with Crippen molar-refractivity contribution >= 4 is 56.7 Å². The van der Waals surface area contributed by atoms with Crippen LogP contribution in [0.25, 0.3) is 22.3 Å². The number of hydrogen-bond acceptors (Lipinski definition) is 3. The van der Waals surface area contributed by atoms with E-state index in [2.05, 4.69) is 20.9 Å². The number of nitrogens with zero attached hydrogens (tertiary/aromatic N) is 2. The van der Waals surface area contributed by atoms with Crippen LogP contribution in [0.15, 0.2) is 46.4 Å². The first-order chi connectivity index (χ1) is 9.65. The number of thiazole rings is 1. The number of rotatable bonds is 3. The van der Waals surface area contributed by atoms with E-state index in [-0.39, 0.29) is 12.4 Å². The Morgan fingerprint density at radius 1 is 1.33 bits per heavy atom. The average molecular weight is 386 g/mol. The fourth-order valence-electron chi connectivity index (χ4n) is 1.93. The number of carbonyl (C=O) groups is 1. The van der Waals surface area contributed by atoms with Crippen LogP contribution >= 0.6 is 39.7 Å². The van der Waals surface area contributed by atoms with Crippen molar-refractivity contribution in [3.05, 3.63) is 52.1 Å². The first kappa shape index (κ1) is 15.8. The van der Waals surface area contributed by atoms with E-state index in [0.717, 1.165) is 32.5 Å². The SMILES string of the molecule is Cl.O=C(O)/C=C/c1c(-c2ccc(Br)cc2)nc2sccn12. The zero-order chi connectivity index (χ0) is 14.1. The molecule has 0 aliphatic heterocycles.